The summed E-state index contributed by atoms with van der Waals surface area (Å²) in [5.74, 6) is 1.99. The van der Waals surface area contributed by atoms with Gasteiger partial charge in [0.05, 0.1) is 13.2 Å². The summed E-state index contributed by atoms with van der Waals surface area (Å²) in [7, 11) is 0. The first-order chi connectivity index (χ1) is 14.1. The van der Waals surface area contributed by atoms with Crippen molar-refractivity contribution in [2.24, 2.45) is 5.73 Å². The van der Waals surface area contributed by atoms with Gasteiger partial charge in [-0.15, -0.1) is 0 Å². The van der Waals surface area contributed by atoms with E-state index in [-0.39, 0.29) is 23.9 Å². The topological polar surface area (TPSA) is 95.3 Å². The fraction of sp³-hybridized carbons (Fsp3) is 0.300. The molecule has 1 atom stereocenters. The molecule has 0 saturated carbocycles. The lowest BCUT2D eigenvalue weighted by molar-refractivity contribution is -0.0401. The van der Waals surface area contributed by atoms with E-state index in [9.17, 15) is 4.79 Å². The number of morpholine rings is 1. The molecule has 2 aromatic rings. The lowest BCUT2D eigenvalue weighted by atomic mass is 10.1. The molecule has 1 saturated heterocycles. The predicted molar refractivity (Wildman–Crippen MR) is 111 cm³/mol. The van der Waals surface area contributed by atoms with Gasteiger partial charge in [-0.25, -0.2) is 0 Å². The van der Waals surface area contributed by atoms with E-state index in [4.69, 9.17) is 36.9 Å². The zero-order valence-corrected chi connectivity index (χ0v) is 16.4. The van der Waals surface area contributed by atoms with Crippen LogP contribution in [0.1, 0.15) is 10.4 Å². The molecule has 1 fully saturated rings. The summed E-state index contributed by atoms with van der Waals surface area (Å²) in [6.07, 6.45) is -0.214. The van der Waals surface area contributed by atoms with Gasteiger partial charge in [-0.05, 0) is 48.6 Å². The molecule has 2 aromatic carbocycles. The van der Waals surface area contributed by atoms with E-state index >= 15 is 0 Å². The summed E-state index contributed by atoms with van der Waals surface area (Å²) in [5, 5.41) is 3.02. The zero-order valence-electron chi connectivity index (χ0n) is 15.6. The van der Waals surface area contributed by atoms with Gasteiger partial charge in [0.1, 0.15) is 18.5 Å². The number of fused-ring (bicyclic) bond motifs is 1. The Labute approximate surface area is 173 Å². The number of nitrogens with one attached hydrogen (secondary N) is 1. The molecular weight excluding hydrogens is 394 g/mol. The molecule has 0 spiro atoms. The van der Waals surface area contributed by atoms with E-state index in [1.807, 2.05) is 12.1 Å². The third-order valence-electron chi connectivity index (χ3n) is 4.61. The Bertz CT molecular complexity index is 905. The second kappa shape index (κ2) is 8.54. The van der Waals surface area contributed by atoms with Gasteiger partial charge in [0.2, 0.25) is 6.79 Å². The highest BCUT2D eigenvalue weighted by molar-refractivity contribution is 7.80. The van der Waals surface area contributed by atoms with Gasteiger partial charge in [0, 0.05) is 23.9 Å². The number of rotatable bonds is 5. The monoisotopic (exact) mass is 415 g/mol. The average molecular weight is 415 g/mol. The number of amides is 1. The minimum atomic E-state index is -0.214. The number of hydrogen-bond donors (Lipinski definition) is 2. The number of benzene rings is 2. The van der Waals surface area contributed by atoms with Crippen molar-refractivity contribution in [2.45, 2.75) is 6.10 Å². The van der Waals surface area contributed by atoms with Crippen molar-refractivity contribution in [3.05, 3.63) is 48.0 Å². The Morgan fingerprint density at radius 3 is 2.79 bits per heavy atom. The number of ether oxygens (including phenoxy) is 4. The van der Waals surface area contributed by atoms with Crippen LogP contribution in [0.3, 0.4) is 0 Å². The van der Waals surface area contributed by atoms with Gasteiger partial charge in [-0.2, -0.15) is 0 Å². The van der Waals surface area contributed by atoms with Crippen molar-refractivity contribution in [1.29, 1.82) is 0 Å². The molecule has 4 rings (SSSR count). The Kier molecular flexibility index (Phi) is 5.68. The van der Waals surface area contributed by atoms with Gasteiger partial charge >= 0.3 is 0 Å². The van der Waals surface area contributed by atoms with Crippen LogP contribution >= 0.6 is 12.2 Å². The first kappa shape index (κ1) is 19.3. The Morgan fingerprint density at radius 2 is 2.00 bits per heavy atom. The normalized spacial score (nSPS) is 17.7. The summed E-state index contributed by atoms with van der Waals surface area (Å²) >= 11 is 4.81. The van der Waals surface area contributed by atoms with E-state index in [2.05, 4.69) is 5.32 Å². The van der Waals surface area contributed by atoms with E-state index < -0.39 is 0 Å². The molecule has 1 unspecified atom stereocenters. The number of thiocarbonyl (C=S) groups is 1. The first-order valence-electron chi connectivity index (χ1n) is 9.18. The summed E-state index contributed by atoms with van der Waals surface area (Å²) in [6, 6.07) is 12.5. The highest BCUT2D eigenvalue weighted by Gasteiger charge is 2.26. The lowest BCUT2D eigenvalue weighted by Crippen LogP contribution is -2.47. The van der Waals surface area contributed by atoms with Crippen LogP contribution in [0.25, 0.3) is 0 Å². The number of nitrogens with two attached hydrogens (primary N) is 1. The largest absolute Gasteiger partial charge is 0.491 e. The minimum absolute atomic E-state index is 0.0525. The smallest absolute Gasteiger partial charge is 0.254 e. The standard InChI is InChI=1S/C20H21N3O5S/c21-20(29)22-14-3-1-13(2-4-14)19(24)23-7-8-25-16(10-23)11-26-15-5-6-17-18(9-15)28-12-27-17/h1-6,9,16H,7-8,10-12H2,(H3,21,22,29). The predicted octanol–water partition coefficient (Wildman–Crippen LogP) is 1.99. The van der Waals surface area contributed by atoms with E-state index in [0.29, 0.717) is 49.1 Å². The van der Waals surface area contributed by atoms with Crippen LogP contribution in [-0.2, 0) is 4.74 Å². The summed E-state index contributed by atoms with van der Waals surface area (Å²) in [6.45, 7) is 2.00. The average Bonchev–Trinajstić information content (AvgIpc) is 3.20. The highest BCUT2D eigenvalue weighted by Crippen LogP contribution is 2.35. The second-order valence-corrected chi connectivity index (χ2v) is 7.08. The van der Waals surface area contributed by atoms with E-state index in [1.54, 1.807) is 35.2 Å². The van der Waals surface area contributed by atoms with Gasteiger partial charge in [0.25, 0.3) is 5.91 Å². The molecule has 29 heavy (non-hydrogen) atoms. The van der Waals surface area contributed by atoms with Gasteiger partial charge < -0.3 is 34.9 Å². The zero-order chi connectivity index (χ0) is 20.2. The lowest BCUT2D eigenvalue weighted by Gasteiger charge is -2.33. The number of anilines is 1. The quantitative estimate of drug-likeness (QED) is 0.716. The van der Waals surface area contributed by atoms with Crippen LogP contribution in [0.2, 0.25) is 0 Å². The van der Waals surface area contributed by atoms with E-state index in [0.717, 1.165) is 5.69 Å². The summed E-state index contributed by atoms with van der Waals surface area (Å²) in [5.41, 5.74) is 6.79. The molecule has 9 heteroatoms. The van der Waals surface area contributed by atoms with Crippen LogP contribution in [0, 0.1) is 0 Å². The molecule has 8 nitrogen and oxygen atoms in total. The van der Waals surface area contributed by atoms with E-state index in [1.165, 1.54) is 0 Å². The van der Waals surface area contributed by atoms with Crippen molar-refractivity contribution < 1.29 is 23.7 Å². The molecule has 0 aliphatic carbocycles. The molecular formula is C20H21N3O5S. The maximum absolute atomic E-state index is 12.8. The second-order valence-electron chi connectivity index (χ2n) is 6.64. The Morgan fingerprint density at radius 1 is 1.21 bits per heavy atom. The molecule has 2 aliphatic heterocycles. The fourth-order valence-corrected chi connectivity index (χ4v) is 3.30. The van der Waals surface area contributed by atoms with Crippen molar-refractivity contribution >= 4 is 28.9 Å². The molecule has 3 N–H and O–H groups in total. The van der Waals surface area contributed by atoms with Crippen molar-refractivity contribution in [3.63, 3.8) is 0 Å². The van der Waals surface area contributed by atoms with Gasteiger partial charge in [-0.1, -0.05) is 0 Å². The van der Waals surface area contributed by atoms with Gasteiger partial charge in [0.15, 0.2) is 16.6 Å². The summed E-state index contributed by atoms with van der Waals surface area (Å²) < 4.78 is 22.2. The molecule has 0 radical (unpaired) electrons. The third kappa shape index (κ3) is 4.69. The Hall–Kier alpha value is -3.04. The first-order valence-corrected chi connectivity index (χ1v) is 9.59. The molecule has 0 bridgehead atoms. The van der Waals surface area contributed by atoms with Crippen molar-refractivity contribution in [2.75, 3.05) is 38.4 Å². The van der Waals surface area contributed by atoms with Crippen LogP contribution in [-0.4, -0.2) is 55.1 Å². The highest BCUT2D eigenvalue weighted by atomic mass is 32.1. The van der Waals surface area contributed by atoms with Crippen molar-refractivity contribution in [3.8, 4) is 17.2 Å². The number of nitrogens with zero attached hydrogens (tertiary/aromatic N) is 1. The SMILES string of the molecule is NC(=S)Nc1ccc(C(=O)N2CCOC(COc3ccc4c(c3)OCO4)C2)cc1. The Balaban J connectivity index is 1.33. The molecule has 1 amide bonds. The molecule has 2 aliphatic rings. The number of carbonyl (C=O) groups excluding carboxylic acids is 1. The van der Waals surface area contributed by atoms with Crippen molar-refractivity contribution in [1.82, 2.24) is 4.90 Å². The van der Waals surface area contributed by atoms with Crippen LogP contribution in [0.15, 0.2) is 42.5 Å². The van der Waals surface area contributed by atoms with Crippen LogP contribution in [0.4, 0.5) is 5.69 Å². The number of hydrogen-bond acceptors (Lipinski definition) is 6. The maximum atomic E-state index is 12.8. The molecule has 2 heterocycles. The summed E-state index contributed by atoms with van der Waals surface area (Å²) in [4.78, 5) is 14.6. The fourth-order valence-electron chi connectivity index (χ4n) is 3.18. The maximum Gasteiger partial charge on any atom is 0.254 e. The van der Waals surface area contributed by atoms with Gasteiger partial charge in [-0.3, -0.25) is 4.79 Å². The number of carbonyl (C=O) groups is 1. The third-order valence-corrected chi connectivity index (χ3v) is 4.71. The van der Waals surface area contributed by atoms with Crippen LogP contribution < -0.4 is 25.3 Å². The van der Waals surface area contributed by atoms with Crippen LogP contribution in [0.5, 0.6) is 17.2 Å². The molecule has 0 aromatic heterocycles. The molecule has 152 valence electrons. The minimum Gasteiger partial charge on any atom is -0.491 e.